The fraction of sp³-hybridized carbons (Fsp3) is 0.653. The summed E-state index contributed by atoms with van der Waals surface area (Å²) in [7, 11) is 0. The van der Waals surface area contributed by atoms with Gasteiger partial charge < -0.3 is 93.2 Å². The van der Waals surface area contributed by atoms with Crippen molar-refractivity contribution in [3.63, 3.8) is 0 Å². The number of nitrogens with one attached hydrogen (secondary N) is 1. The Morgan fingerprint density at radius 1 is 0.480 bits per heavy atom. The SMILES string of the molecule is C.C.CC(C)(C)C(=O)OCc1cc(CCCOCCOCCNC(=O)CCN2C(=O)C=CC2=O)ccc1O[C@@H]1O[C@H](C(=O)O)[C@@H](O)[C@H](O)[C@H]1O.C[C@H]1O[C@@H](Oc2ccc(CCCOCCOCCOCCCC(=O)CCCCCN3C(=O)C=CC3=O)cc2COC(=O)C(C)(C)C)[C@H](O)[C@@H](O)[C@@H]1O. The third-order valence-corrected chi connectivity index (χ3v) is 15.9. The summed E-state index contributed by atoms with van der Waals surface area (Å²) in [5, 5.41) is 73.1. The number of imide groups is 2. The van der Waals surface area contributed by atoms with E-state index in [1.54, 1.807) is 72.7 Å². The maximum absolute atomic E-state index is 12.5. The zero-order chi connectivity index (χ0) is 73.5. The number of aliphatic hydroxyl groups excluding tert-OH is 6. The first kappa shape index (κ1) is 89.0. The smallest absolute Gasteiger partial charge is 0.335 e. The Hall–Kier alpha value is -7.17. The second-order valence-corrected chi connectivity index (χ2v) is 26.3. The molecule has 4 heterocycles. The number of carboxylic acid groups (broad SMARTS) is 1. The number of carboxylic acids is 1. The maximum atomic E-state index is 12.5. The molecule has 4 aliphatic rings. The molecule has 6 rings (SSSR count). The van der Waals surface area contributed by atoms with Crippen LogP contribution >= 0.6 is 0 Å². The molecular formula is C72H109N3O27. The van der Waals surface area contributed by atoms with E-state index in [0.29, 0.717) is 128 Å². The van der Waals surface area contributed by atoms with Crippen LogP contribution in [0, 0.1) is 10.8 Å². The summed E-state index contributed by atoms with van der Waals surface area (Å²) in [6.45, 7) is 16.3. The van der Waals surface area contributed by atoms with Gasteiger partial charge in [-0.3, -0.25) is 48.2 Å². The fourth-order valence-electron chi connectivity index (χ4n) is 10.0. The Bertz CT molecular complexity index is 3020. The number of hydrogen-bond donors (Lipinski definition) is 8. The van der Waals surface area contributed by atoms with Gasteiger partial charge in [0.1, 0.15) is 67.1 Å². The van der Waals surface area contributed by atoms with Gasteiger partial charge in [0, 0.05) is 94.1 Å². The molecule has 2 aromatic rings. The molecule has 574 valence electrons. The number of carbonyl (C=O) groups is 9. The lowest BCUT2D eigenvalue weighted by Gasteiger charge is -2.39. The van der Waals surface area contributed by atoms with Crippen LogP contribution in [0.25, 0.3) is 0 Å². The van der Waals surface area contributed by atoms with Gasteiger partial charge >= 0.3 is 17.9 Å². The van der Waals surface area contributed by atoms with Crippen molar-refractivity contribution >= 4 is 53.2 Å². The van der Waals surface area contributed by atoms with Gasteiger partial charge in [0.25, 0.3) is 23.6 Å². The van der Waals surface area contributed by atoms with Crippen molar-refractivity contribution in [3.05, 3.63) is 83.0 Å². The van der Waals surface area contributed by atoms with Crippen molar-refractivity contribution in [2.45, 2.75) is 209 Å². The predicted molar refractivity (Wildman–Crippen MR) is 366 cm³/mol. The normalized spacial score (nSPS) is 21.8. The number of aliphatic carboxylic acids is 1. The highest BCUT2D eigenvalue weighted by molar-refractivity contribution is 6.13. The van der Waals surface area contributed by atoms with Gasteiger partial charge in [0.15, 0.2) is 6.10 Å². The van der Waals surface area contributed by atoms with Gasteiger partial charge in [-0.1, -0.05) is 33.4 Å². The number of nitrogens with zero attached hydrogens (tertiary/aromatic N) is 2. The van der Waals surface area contributed by atoms with Crippen LogP contribution in [0.5, 0.6) is 11.5 Å². The molecule has 0 radical (unpaired) electrons. The first-order valence-corrected chi connectivity index (χ1v) is 33.7. The number of amides is 5. The van der Waals surface area contributed by atoms with E-state index in [1.807, 2.05) is 12.1 Å². The number of rotatable bonds is 42. The van der Waals surface area contributed by atoms with Crippen LogP contribution in [0.15, 0.2) is 60.7 Å². The van der Waals surface area contributed by atoms with Crippen molar-refractivity contribution < 1.29 is 131 Å². The minimum atomic E-state index is -1.87. The number of aryl methyl sites for hydroxylation is 2. The number of hydrogen-bond acceptors (Lipinski definition) is 26. The molecule has 4 aliphatic heterocycles. The molecule has 2 fully saturated rings. The Balaban J connectivity index is 0.000000522. The number of unbranched alkanes of at least 4 members (excludes halogenated alkanes) is 2. The first-order chi connectivity index (χ1) is 47.5. The number of ether oxygens (including phenoxy) is 11. The number of carbonyl (C=O) groups excluding carboxylic acids is 8. The lowest BCUT2D eigenvalue weighted by atomic mass is 9.97. The van der Waals surface area contributed by atoms with E-state index >= 15 is 0 Å². The van der Waals surface area contributed by atoms with Crippen molar-refractivity contribution in [2.24, 2.45) is 10.8 Å². The Kier molecular flexibility index (Phi) is 39.4. The van der Waals surface area contributed by atoms with E-state index in [9.17, 15) is 78.9 Å². The number of ketones is 1. The number of Topliss-reactive ketones (excluding diaryl/α,β-unsaturated/α-hetero) is 1. The van der Waals surface area contributed by atoms with Crippen molar-refractivity contribution in [1.29, 1.82) is 0 Å². The van der Waals surface area contributed by atoms with E-state index in [4.69, 9.17) is 52.1 Å². The molecular weight excluding hydrogens is 1340 g/mol. The topological polar surface area (TPSA) is 415 Å². The molecule has 2 aromatic carbocycles. The van der Waals surface area contributed by atoms with Gasteiger partial charge in [-0.25, -0.2) is 4.79 Å². The van der Waals surface area contributed by atoms with Gasteiger partial charge in [-0.05, 0) is 129 Å². The van der Waals surface area contributed by atoms with Crippen LogP contribution < -0.4 is 14.8 Å². The molecule has 0 saturated carbocycles. The van der Waals surface area contributed by atoms with E-state index in [-0.39, 0.29) is 89.4 Å². The minimum absolute atomic E-state index is 0. The predicted octanol–water partition coefficient (Wildman–Crippen LogP) is 3.52. The molecule has 8 N–H and O–H groups in total. The third-order valence-electron chi connectivity index (χ3n) is 15.9. The number of esters is 2. The summed E-state index contributed by atoms with van der Waals surface area (Å²) in [4.78, 5) is 109. The molecule has 2 saturated heterocycles. The first-order valence-electron chi connectivity index (χ1n) is 33.7. The van der Waals surface area contributed by atoms with E-state index in [0.717, 1.165) is 35.3 Å². The Morgan fingerprint density at radius 3 is 1.35 bits per heavy atom. The van der Waals surface area contributed by atoms with Crippen LogP contribution in [0.1, 0.15) is 143 Å². The Morgan fingerprint density at radius 2 is 0.892 bits per heavy atom. The van der Waals surface area contributed by atoms with Gasteiger partial charge in [0.2, 0.25) is 18.5 Å². The van der Waals surface area contributed by atoms with Crippen LogP contribution in [0.3, 0.4) is 0 Å². The monoisotopic (exact) mass is 1450 g/mol. The summed E-state index contributed by atoms with van der Waals surface area (Å²) in [6, 6.07) is 10.4. The fourth-order valence-corrected chi connectivity index (χ4v) is 10.0. The molecule has 10 atom stereocenters. The van der Waals surface area contributed by atoms with E-state index in [2.05, 4.69) is 5.32 Å². The van der Waals surface area contributed by atoms with Crippen LogP contribution in [0.4, 0.5) is 0 Å². The molecule has 0 unspecified atom stereocenters. The molecule has 5 amide bonds. The van der Waals surface area contributed by atoms with E-state index < -0.39 is 96.0 Å². The lowest BCUT2D eigenvalue weighted by Crippen LogP contribution is -2.61. The van der Waals surface area contributed by atoms with Crippen LogP contribution in [-0.2, 0) is 112 Å². The number of benzene rings is 2. The standard InChI is InChI=1S/C38H57NO13.C32H44N2O14.2CH4/c1-26-33(43)34(44)35(45)36(51-26)52-30-14-13-27(24-28(30)25-50-37(46)38(2,3)4)10-8-18-47-20-22-49-23-21-48-19-9-12-29(40)11-6-5-7-17-39-31(41)15-16-32(39)42;1-32(2,3)31(43)46-18-20-17-19(6-7-21(20)47-30-27(40)25(38)26(39)28(48-30)29(41)42)5-4-13-44-15-16-45-14-11-33-22(35)10-12-34-23(36)8-9-24(34)37;;/h13-16,24,26,33-36,43-45H,5-12,17-23,25H2,1-4H3;6-9,17,25-28,30,38-40H,4-5,10-16,18H2,1-3H3,(H,33,35)(H,41,42);2*1H4/t26-,33-,34+,35-,36+;25-,26-,27+,28-,30+;;/m10../s1. The Labute approximate surface area is 596 Å². The molecule has 30 nitrogen and oxygen atoms in total. The van der Waals surface area contributed by atoms with Crippen molar-refractivity contribution in [3.8, 4) is 11.5 Å². The quantitative estimate of drug-likeness (QED) is 0.0268. The molecule has 0 aliphatic carbocycles. The number of aliphatic hydroxyl groups is 6. The molecule has 0 bridgehead atoms. The lowest BCUT2D eigenvalue weighted by molar-refractivity contribution is -0.271. The zero-order valence-corrected chi connectivity index (χ0v) is 58.1. The molecule has 30 heteroatoms. The largest absolute Gasteiger partial charge is 0.479 e. The maximum Gasteiger partial charge on any atom is 0.335 e. The highest BCUT2D eigenvalue weighted by Crippen LogP contribution is 2.32. The summed E-state index contributed by atoms with van der Waals surface area (Å²) in [5.74, 6) is -3.48. The third kappa shape index (κ3) is 30.3. The molecule has 102 heavy (non-hydrogen) atoms. The molecule has 0 spiro atoms. The van der Waals surface area contributed by atoms with E-state index in [1.165, 1.54) is 29.2 Å². The minimum Gasteiger partial charge on any atom is -0.479 e. The zero-order valence-electron chi connectivity index (χ0n) is 58.1. The van der Waals surface area contributed by atoms with Crippen molar-refractivity contribution in [2.75, 3.05) is 85.7 Å². The highest BCUT2D eigenvalue weighted by atomic mass is 16.7. The summed E-state index contributed by atoms with van der Waals surface area (Å²) in [6.07, 6.45) is -3.78. The summed E-state index contributed by atoms with van der Waals surface area (Å²) in [5.41, 5.74) is 1.31. The summed E-state index contributed by atoms with van der Waals surface area (Å²) < 4.78 is 61.3. The second kappa shape index (κ2) is 45.1. The van der Waals surface area contributed by atoms with Crippen LogP contribution in [-0.4, -0.2) is 246 Å². The molecule has 0 aromatic heterocycles. The van der Waals surface area contributed by atoms with Crippen molar-refractivity contribution in [1.82, 2.24) is 15.1 Å². The highest BCUT2D eigenvalue weighted by Gasteiger charge is 2.48. The average Bonchev–Trinajstić information content (AvgIpc) is 1.12. The van der Waals surface area contributed by atoms with Gasteiger partial charge in [-0.2, -0.15) is 0 Å². The average molecular weight is 1450 g/mol. The van der Waals surface area contributed by atoms with Gasteiger partial charge in [-0.15, -0.1) is 0 Å². The second-order valence-electron chi connectivity index (χ2n) is 26.3. The van der Waals surface area contributed by atoms with Crippen LogP contribution in [0.2, 0.25) is 0 Å². The summed E-state index contributed by atoms with van der Waals surface area (Å²) >= 11 is 0. The van der Waals surface area contributed by atoms with Gasteiger partial charge in [0.05, 0.1) is 63.2 Å².